The van der Waals surface area contributed by atoms with Gasteiger partial charge in [0.1, 0.15) is 6.11 Å². The number of hydrogen-bond donors (Lipinski definition) is 0. The first-order chi connectivity index (χ1) is 5.74. The van der Waals surface area contributed by atoms with E-state index in [0.29, 0.717) is 15.8 Å². The van der Waals surface area contributed by atoms with E-state index in [4.69, 9.17) is 27.9 Å². The number of halogens is 2. The van der Waals surface area contributed by atoms with Gasteiger partial charge in [0, 0.05) is 11.9 Å². The zero-order valence-corrected chi connectivity index (χ0v) is 7.91. The number of rotatable bonds is 1. The summed E-state index contributed by atoms with van der Waals surface area (Å²) in [5, 5.41) is 1.04. The lowest BCUT2D eigenvalue weighted by molar-refractivity contribution is 0.520. The van der Waals surface area contributed by atoms with Crippen molar-refractivity contribution >= 4 is 23.2 Å². The second kappa shape index (κ2) is 4.25. The Morgan fingerprint density at radius 3 is 2.67 bits per heavy atom. The molecule has 0 aliphatic rings. The molecule has 1 nitrogen and oxygen atoms in total. The summed E-state index contributed by atoms with van der Waals surface area (Å²) in [5.74, 6) is 3.12. The van der Waals surface area contributed by atoms with Gasteiger partial charge < -0.3 is 4.74 Å². The number of ether oxygens (including phenoxy) is 1. The first-order valence-electron chi connectivity index (χ1n) is 3.27. The van der Waals surface area contributed by atoms with Crippen molar-refractivity contribution in [1.29, 1.82) is 0 Å². The molecule has 0 amide bonds. The van der Waals surface area contributed by atoms with Crippen molar-refractivity contribution in [2.24, 2.45) is 0 Å². The molecule has 0 unspecified atom stereocenters. The van der Waals surface area contributed by atoms with Crippen LogP contribution in [0.15, 0.2) is 18.2 Å². The molecule has 0 aliphatic heterocycles. The summed E-state index contributed by atoms with van der Waals surface area (Å²) in [6, 6.07) is 4.98. The molecule has 1 aromatic rings. The summed E-state index contributed by atoms with van der Waals surface area (Å²) in [4.78, 5) is 0. The van der Waals surface area contributed by atoms with Crippen molar-refractivity contribution in [2.45, 2.75) is 6.92 Å². The molecule has 1 rings (SSSR count). The van der Waals surface area contributed by atoms with E-state index in [1.807, 2.05) is 0 Å². The fourth-order valence-electron chi connectivity index (χ4n) is 0.664. The van der Waals surface area contributed by atoms with Gasteiger partial charge in [0.2, 0.25) is 0 Å². The van der Waals surface area contributed by atoms with Gasteiger partial charge in [-0.25, -0.2) is 0 Å². The van der Waals surface area contributed by atoms with Gasteiger partial charge in [-0.3, -0.25) is 0 Å². The van der Waals surface area contributed by atoms with Crippen molar-refractivity contribution in [3.63, 3.8) is 0 Å². The fourth-order valence-corrected chi connectivity index (χ4v) is 1.11. The van der Waals surface area contributed by atoms with Crippen molar-refractivity contribution in [3.05, 3.63) is 28.2 Å². The minimum atomic E-state index is 0.463. The summed E-state index contributed by atoms with van der Waals surface area (Å²) in [6.45, 7) is 1.68. The Labute approximate surface area is 81.2 Å². The molecule has 12 heavy (non-hydrogen) atoms. The monoisotopic (exact) mass is 200 g/mol. The predicted molar refractivity (Wildman–Crippen MR) is 50.5 cm³/mol. The van der Waals surface area contributed by atoms with E-state index < -0.39 is 0 Å². The standard InChI is InChI=1S/C9H6Cl2O/c1-2-5-12-9-4-3-7(10)6-8(9)11/h3-4,6H,1H3. The van der Waals surface area contributed by atoms with Crippen LogP contribution in [0.4, 0.5) is 0 Å². The quantitative estimate of drug-likeness (QED) is 0.633. The smallest absolute Gasteiger partial charge is 0.158 e. The Bertz CT molecular complexity index is 336. The van der Waals surface area contributed by atoms with Gasteiger partial charge >= 0.3 is 0 Å². The van der Waals surface area contributed by atoms with E-state index in [0.717, 1.165) is 0 Å². The van der Waals surface area contributed by atoms with E-state index in [2.05, 4.69) is 12.0 Å². The van der Waals surface area contributed by atoms with Gasteiger partial charge in [-0.05, 0) is 18.2 Å². The highest BCUT2D eigenvalue weighted by Gasteiger charge is 2.00. The van der Waals surface area contributed by atoms with Crippen LogP contribution < -0.4 is 4.74 Å². The lowest BCUT2D eigenvalue weighted by Gasteiger charge is -1.99. The Balaban J connectivity index is 2.91. The molecule has 0 fully saturated rings. The maximum absolute atomic E-state index is 5.79. The second-order valence-electron chi connectivity index (χ2n) is 2.03. The Hall–Kier alpha value is -0.840. The molecule has 0 atom stereocenters. The first-order valence-corrected chi connectivity index (χ1v) is 4.03. The molecule has 0 aliphatic carbocycles. The van der Waals surface area contributed by atoms with Crippen molar-refractivity contribution in [2.75, 3.05) is 0 Å². The molecule has 0 saturated carbocycles. The first kappa shape index (κ1) is 9.25. The van der Waals surface area contributed by atoms with E-state index in [-0.39, 0.29) is 0 Å². The molecular weight excluding hydrogens is 195 g/mol. The van der Waals surface area contributed by atoms with Gasteiger partial charge in [-0.2, -0.15) is 0 Å². The van der Waals surface area contributed by atoms with Crippen LogP contribution in [0, 0.1) is 12.0 Å². The third kappa shape index (κ3) is 2.34. The normalized spacial score (nSPS) is 8.58. The highest BCUT2D eigenvalue weighted by molar-refractivity contribution is 6.35. The Morgan fingerprint density at radius 2 is 2.08 bits per heavy atom. The SMILES string of the molecule is CC#COc1ccc(Cl)cc1Cl. The highest BCUT2D eigenvalue weighted by Crippen LogP contribution is 2.26. The van der Waals surface area contributed by atoms with E-state index in [9.17, 15) is 0 Å². The predicted octanol–water partition coefficient (Wildman–Crippen LogP) is 3.35. The van der Waals surface area contributed by atoms with Gasteiger partial charge in [0.15, 0.2) is 5.75 Å². The molecule has 0 radical (unpaired) electrons. The van der Waals surface area contributed by atoms with Crippen LogP contribution in [-0.2, 0) is 0 Å². The topological polar surface area (TPSA) is 9.23 Å². The largest absolute Gasteiger partial charge is 0.406 e. The molecule has 3 heteroatoms. The lowest BCUT2D eigenvalue weighted by Crippen LogP contribution is -1.82. The van der Waals surface area contributed by atoms with Crippen LogP contribution >= 0.6 is 23.2 Å². The van der Waals surface area contributed by atoms with E-state index >= 15 is 0 Å². The van der Waals surface area contributed by atoms with E-state index in [1.54, 1.807) is 25.1 Å². The molecule has 0 heterocycles. The summed E-state index contributed by atoms with van der Waals surface area (Å²) >= 11 is 11.5. The molecule has 0 spiro atoms. The van der Waals surface area contributed by atoms with Crippen LogP contribution in [0.5, 0.6) is 5.75 Å². The zero-order chi connectivity index (χ0) is 8.97. The average molecular weight is 201 g/mol. The third-order valence-corrected chi connectivity index (χ3v) is 1.69. The van der Waals surface area contributed by atoms with E-state index in [1.165, 1.54) is 0 Å². The molecule has 0 bridgehead atoms. The van der Waals surface area contributed by atoms with Crippen LogP contribution in [0.3, 0.4) is 0 Å². The van der Waals surface area contributed by atoms with Gasteiger partial charge in [0.05, 0.1) is 5.02 Å². The Kier molecular flexibility index (Phi) is 3.28. The average Bonchev–Trinajstić information content (AvgIpc) is 2.03. The maximum Gasteiger partial charge on any atom is 0.158 e. The molecular formula is C9H6Cl2O. The molecule has 0 saturated heterocycles. The van der Waals surface area contributed by atoms with Gasteiger partial charge in [-0.1, -0.05) is 29.1 Å². The van der Waals surface area contributed by atoms with Gasteiger partial charge in [-0.15, -0.1) is 0 Å². The lowest BCUT2D eigenvalue weighted by atomic mass is 10.3. The molecule has 62 valence electrons. The molecule has 0 N–H and O–H groups in total. The second-order valence-corrected chi connectivity index (χ2v) is 2.87. The third-order valence-electron chi connectivity index (χ3n) is 1.16. The van der Waals surface area contributed by atoms with Crippen LogP contribution in [0.1, 0.15) is 6.92 Å². The Morgan fingerprint density at radius 1 is 1.33 bits per heavy atom. The number of hydrogen-bond acceptors (Lipinski definition) is 1. The summed E-state index contributed by atoms with van der Waals surface area (Å²) < 4.78 is 4.99. The molecule has 1 aromatic carbocycles. The van der Waals surface area contributed by atoms with Crippen molar-refractivity contribution < 1.29 is 4.74 Å². The summed E-state index contributed by atoms with van der Waals surface area (Å²) in [5.41, 5.74) is 0. The fraction of sp³-hybridized carbons (Fsp3) is 0.111. The molecule has 0 aromatic heterocycles. The van der Waals surface area contributed by atoms with Crippen molar-refractivity contribution in [1.82, 2.24) is 0 Å². The van der Waals surface area contributed by atoms with Gasteiger partial charge in [0.25, 0.3) is 0 Å². The maximum atomic E-state index is 5.79. The highest BCUT2D eigenvalue weighted by atomic mass is 35.5. The van der Waals surface area contributed by atoms with Crippen LogP contribution in [0.2, 0.25) is 10.0 Å². The zero-order valence-electron chi connectivity index (χ0n) is 6.40. The van der Waals surface area contributed by atoms with Crippen LogP contribution in [0.25, 0.3) is 0 Å². The van der Waals surface area contributed by atoms with Crippen LogP contribution in [-0.4, -0.2) is 0 Å². The minimum Gasteiger partial charge on any atom is -0.406 e. The number of benzene rings is 1. The summed E-state index contributed by atoms with van der Waals surface area (Å²) in [6.07, 6.45) is 2.45. The summed E-state index contributed by atoms with van der Waals surface area (Å²) in [7, 11) is 0. The minimum absolute atomic E-state index is 0.463. The van der Waals surface area contributed by atoms with Crippen molar-refractivity contribution in [3.8, 4) is 17.8 Å².